The number of rotatable bonds is 3. The Hall–Kier alpha value is -0.590. The Labute approximate surface area is 93.7 Å². The normalized spacial score (nSPS) is 25.1. The number of nitriles is 1. The molecule has 0 aromatic rings. The highest BCUT2D eigenvalue weighted by atomic mass is 15.3. The van der Waals surface area contributed by atoms with E-state index in [9.17, 15) is 0 Å². The molecule has 15 heavy (non-hydrogen) atoms. The van der Waals surface area contributed by atoms with Crippen LogP contribution in [-0.2, 0) is 0 Å². The molecule has 0 spiro atoms. The molecule has 1 rings (SSSR count). The number of piperazine rings is 1. The van der Waals surface area contributed by atoms with E-state index < -0.39 is 0 Å². The largest absolute Gasteiger partial charge is 0.304 e. The molecule has 0 radical (unpaired) electrons. The van der Waals surface area contributed by atoms with Crippen molar-refractivity contribution in [3.63, 3.8) is 0 Å². The molecule has 1 saturated heterocycles. The number of nitrogens with zero attached hydrogens (tertiary/aromatic N) is 3. The lowest BCUT2D eigenvalue weighted by Crippen LogP contribution is -2.50. The molecule has 3 nitrogen and oxygen atoms in total. The van der Waals surface area contributed by atoms with Gasteiger partial charge in [-0.25, -0.2) is 0 Å². The van der Waals surface area contributed by atoms with Gasteiger partial charge in [0.1, 0.15) is 0 Å². The Bertz CT molecular complexity index is 242. The summed E-state index contributed by atoms with van der Waals surface area (Å²) >= 11 is 0. The van der Waals surface area contributed by atoms with Crippen molar-refractivity contribution in [2.24, 2.45) is 5.41 Å². The van der Waals surface area contributed by atoms with Crippen molar-refractivity contribution in [3.8, 4) is 6.07 Å². The van der Waals surface area contributed by atoms with Crippen LogP contribution in [0, 0.1) is 16.7 Å². The van der Waals surface area contributed by atoms with E-state index in [-0.39, 0.29) is 5.41 Å². The summed E-state index contributed by atoms with van der Waals surface area (Å²) in [4.78, 5) is 4.87. The Morgan fingerprint density at radius 1 is 1.40 bits per heavy atom. The van der Waals surface area contributed by atoms with Gasteiger partial charge < -0.3 is 4.90 Å². The summed E-state index contributed by atoms with van der Waals surface area (Å²) in [5.74, 6) is 0. The first-order valence-electron chi connectivity index (χ1n) is 5.78. The number of hydrogen-bond donors (Lipinski definition) is 0. The lowest BCUT2D eigenvalue weighted by molar-refractivity contribution is 0.0922. The van der Waals surface area contributed by atoms with Gasteiger partial charge in [0.15, 0.2) is 0 Å². The first-order valence-corrected chi connectivity index (χ1v) is 5.78. The van der Waals surface area contributed by atoms with E-state index in [1.807, 2.05) is 13.8 Å². The molecule has 0 aromatic carbocycles. The zero-order valence-electron chi connectivity index (χ0n) is 10.5. The summed E-state index contributed by atoms with van der Waals surface area (Å²) in [6.45, 7) is 10.8. The van der Waals surface area contributed by atoms with Gasteiger partial charge in [0.05, 0.1) is 11.5 Å². The summed E-state index contributed by atoms with van der Waals surface area (Å²) in [6.07, 6.45) is 0.970. The maximum absolute atomic E-state index is 8.95. The molecule has 1 heterocycles. The van der Waals surface area contributed by atoms with E-state index in [0.29, 0.717) is 6.04 Å². The lowest BCUT2D eigenvalue weighted by Gasteiger charge is -2.39. The molecule has 0 saturated carbocycles. The van der Waals surface area contributed by atoms with Gasteiger partial charge in [-0.3, -0.25) is 4.90 Å². The SMILES string of the molecule is CC1CN(C)CCN1CCC(C)(C)C#N. The monoisotopic (exact) mass is 209 g/mol. The molecule has 0 aliphatic carbocycles. The molecule has 0 bridgehead atoms. The number of hydrogen-bond acceptors (Lipinski definition) is 3. The van der Waals surface area contributed by atoms with Crippen molar-refractivity contribution in [3.05, 3.63) is 0 Å². The highest BCUT2D eigenvalue weighted by Crippen LogP contribution is 2.20. The van der Waals surface area contributed by atoms with Crippen molar-refractivity contribution in [1.29, 1.82) is 5.26 Å². The van der Waals surface area contributed by atoms with Crippen molar-refractivity contribution in [2.75, 3.05) is 33.2 Å². The van der Waals surface area contributed by atoms with Gasteiger partial charge in [0, 0.05) is 32.2 Å². The average Bonchev–Trinajstić information content (AvgIpc) is 2.16. The van der Waals surface area contributed by atoms with Crippen LogP contribution in [0.1, 0.15) is 27.2 Å². The molecule has 0 N–H and O–H groups in total. The molecule has 86 valence electrons. The fourth-order valence-electron chi connectivity index (χ4n) is 1.99. The quantitative estimate of drug-likeness (QED) is 0.706. The standard InChI is InChI=1S/C12H23N3/c1-11-9-14(4)7-8-15(11)6-5-12(2,3)10-13/h11H,5-9H2,1-4H3. The van der Waals surface area contributed by atoms with Gasteiger partial charge in [-0.05, 0) is 34.2 Å². The Kier molecular flexibility index (Phi) is 4.12. The van der Waals surface area contributed by atoms with Crippen LogP contribution in [0.25, 0.3) is 0 Å². The Morgan fingerprint density at radius 2 is 2.07 bits per heavy atom. The summed E-state index contributed by atoms with van der Waals surface area (Å²) in [6, 6.07) is 2.99. The van der Waals surface area contributed by atoms with Gasteiger partial charge >= 0.3 is 0 Å². The minimum Gasteiger partial charge on any atom is -0.304 e. The molecule has 1 unspecified atom stereocenters. The average molecular weight is 209 g/mol. The van der Waals surface area contributed by atoms with Gasteiger partial charge in [0.25, 0.3) is 0 Å². The Balaban J connectivity index is 2.37. The van der Waals surface area contributed by atoms with Crippen LogP contribution in [0.3, 0.4) is 0 Å². The fraction of sp³-hybridized carbons (Fsp3) is 0.917. The first kappa shape index (κ1) is 12.5. The molecule has 1 fully saturated rings. The molecule has 3 heteroatoms. The van der Waals surface area contributed by atoms with Crippen LogP contribution >= 0.6 is 0 Å². The molecule has 0 aromatic heterocycles. The highest BCUT2D eigenvalue weighted by molar-refractivity contribution is 4.92. The van der Waals surface area contributed by atoms with Gasteiger partial charge in [-0.15, -0.1) is 0 Å². The van der Waals surface area contributed by atoms with Crippen LogP contribution in [0.5, 0.6) is 0 Å². The zero-order chi connectivity index (χ0) is 11.5. The minimum absolute atomic E-state index is 0.178. The molecule has 1 aliphatic heterocycles. The molecule has 1 aliphatic rings. The number of likely N-dealkylation sites (N-methyl/N-ethyl adjacent to an activating group) is 1. The summed E-state index contributed by atoms with van der Waals surface area (Å²) in [5, 5.41) is 8.95. The van der Waals surface area contributed by atoms with E-state index in [1.54, 1.807) is 0 Å². The van der Waals surface area contributed by atoms with Crippen molar-refractivity contribution in [1.82, 2.24) is 9.80 Å². The fourth-order valence-corrected chi connectivity index (χ4v) is 1.99. The predicted molar refractivity (Wildman–Crippen MR) is 62.5 cm³/mol. The zero-order valence-corrected chi connectivity index (χ0v) is 10.5. The smallest absolute Gasteiger partial charge is 0.0684 e. The molecule has 0 amide bonds. The van der Waals surface area contributed by atoms with E-state index in [0.717, 1.165) is 32.6 Å². The predicted octanol–water partition coefficient (Wildman–Crippen LogP) is 1.56. The molecular formula is C12H23N3. The lowest BCUT2D eigenvalue weighted by atomic mass is 9.91. The van der Waals surface area contributed by atoms with Crippen LogP contribution in [-0.4, -0.2) is 49.1 Å². The second-order valence-electron chi connectivity index (χ2n) is 5.39. The van der Waals surface area contributed by atoms with Crippen LogP contribution in [0.15, 0.2) is 0 Å². The minimum atomic E-state index is -0.178. The third-order valence-electron chi connectivity index (χ3n) is 3.29. The van der Waals surface area contributed by atoms with Crippen LogP contribution < -0.4 is 0 Å². The van der Waals surface area contributed by atoms with Crippen molar-refractivity contribution in [2.45, 2.75) is 33.2 Å². The highest BCUT2D eigenvalue weighted by Gasteiger charge is 2.24. The van der Waals surface area contributed by atoms with Crippen molar-refractivity contribution >= 4 is 0 Å². The second-order valence-corrected chi connectivity index (χ2v) is 5.39. The summed E-state index contributed by atoms with van der Waals surface area (Å²) < 4.78 is 0. The Morgan fingerprint density at radius 3 is 2.60 bits per heavy atom. The van der Waals surface area contributed by atoms with E-state index in [2.05, 4.69) is 29.8 Å². The maximum atomic E-state index is 8.95. The topological polar surface area (TPSA) is 30.3 Å². The van der Waals surface area contributed by atoms with Gasteiger partial charge in [0.2, 0.25) is 0 Å². The van der Waals surface area contributed by atoms with Crippen LogP contribution in [0.2, 0.25) is 0 Å². The summed E-state index contributed by atoms with van der Waals surface area (Å²) in [7, 11) is 2.17. The third kappa shape index (κ3) is 3.81. The first-order chi connectivity index (χ1) is 6.94. The second kappa shape index (κ2) is 4.96. The van der Waals surface area contributed by atoms with E-state index >= 15 is 0 Å². The molecular weight excluding hydrogens is 186 g/mol. The van der Waals surface area contributed by atoms with E-state index in [4.69, 9.17) is 5.26 Å². The van der Waals surface area contributed by atoms with E-state index in [1.165, 1.54) is 0 Å². The molecule has 1 atom stereocenters. The van der Waals surface area contributed by atoms with Crippen LogP contribution in [0.4, 0.5) is 0 Å². The third-order valence-corrected chi connectivity index (χ3v) is 3.29. The maximum Gasteiger partial charge on any atom is 0.0684 e. The summed E-state index contributed by atoms with van der Waals surface area (Å²) in [5.41, 5.74) is -0.178. The van der Waals surface area contributed by atoms with Gasteiger partial charge in [-0.1, -0.05) is 0 Å². The van der Waals surface area contributed by atoms with Crippen molar-refractivity contribution < 1.29 is 0 Å². The van der Waals surface area contributed by atoms with Gasteiger partial charge in [-0.2, -0.15) is 5.26 Å².